The van der Waals surface area contributed by atoms with Crippen LogP contribution in [0.1, 0.15) is 12.6 Å². The summed E-state index contributed by atoms with van der Waals surface area (Å²) in [4.78, 5) is 0. The van der Waals surface area contributed by atoms with Crippen LogP contribution < -0.4 is 4.74 Å². The zero-order chi connectivity index (χ0) is 12.4. The molecule has 0 radical (unpaired) electrons. The van der Waals surface area contributed by atoms with Gasteiger partial charge in [-0.25, -0.2) is 13.5 Å². The summed E-state index contributed by atoms with van der Waals surface area (Å²) in [5, 5.41) is 4.21. The van der Waals surface area contributed by atoms with Gasteiger partial charge in [0.05, 0.1) is 19.0 Å². The van der Waals surface area contributed by atoms with Crippen molar-refractivity contribution < 1.29 is 13.5 Å². The third kappa shape index (κ3) is 2.27. The van der Waals surface area contributed by atoms with Crippen molar-refractivity contribution in [3.63, 3.8) is 0 Å². The fourth-order valence-electron chi connectivity index (χ4n) is 1.61. The molecule has 17 heavy (non-hydrogen) atoms. The van der Waals surface area contributed by atoms with E-state index < -0.39 is 11.6 Å². The molecule has 0 amide bonds. The van der Waals surface area contributed by atoms with Crippen LogP contribution in [0.5, 0.6) is 5.75 Å². The number of aryl methyl sites for hydroxylation is 1. The van der Waals surface area contributed by atoms with Gasteiger partial charge < -0.3 is 4.74 Å². The molecule has 2 aromatic rings. The lowest BCUT2D eigenvalue weighted by Crippen LogP contribution is -1.97. The second-order valence-electron chi connectivity index (χ2n) is 3.57. The molecule has 3 nitrogen and oxygen atoms in total. The number of hydrogen-bond donors (Lipinski definition) is 0. The molecular formula is C12H12F2N2O. The van der Waals surface area contributed by atoms with E-state index in [1.165, 1.54) is 23.9 Å². The average Bonchev–Trinajstić information content (AvgIpc) is 2.70. The Morgan fingerprint density at radius 3 is 2.35 bits per heavy atom. The van der Waals surface area contributed by atoms with E-state index in [4.69, 9.17) is 4.74 Å². The van der Waals surface area contributed by atoms with Crippen molar-refractivity contribution in [2.75, 3.05) is 7.11 Å². The Balaban J connectivity index is 2.48. The zero-order valence-corrected chi connectivity index (χ0v) is 9.58. The first-order valence-electron chi connectivity index (χ1n) is 5.23. The van der Waals surface area contributed by atoms with Gasteiger partial charge in [0.25, 0.3) is 0 Å². The van der Waals surface area contributed by atoms with Crippen LogP contribution in [0.3, 0.4) is 0 Å². The smallest absolute Gasteiger partial charge is 0.160 e. The van der Waals surface area contributed by atoms with Gasteiger partial charge in [0.15, 0.2) is 5.75 Å². The number of benzene rings is 1. The van der Waals surface area contributed by atoms with Crippen LogP contribution in [0.15, 0.2) is 24.4 Å². The molecule has 0 aliphatic carbocycles. The van der Waals surface area contributed by atoms with Gasteiger partial charge >= 0.3 is 0 Å². The third-order valence-electron chi connectivity index (χ3n) is 2.42. The minimum atomic E-state index is -0.632. The maximum Gasteiger partial charge on any atom is 0.160 e. The van der Waals surface area contributed by atoms with Gasteiger partial charge in [-0.3, -0.25) is 0 Å². The van der Waals surface area contributed by atoms with Gasteiger partial charge in [-0.15, -0.1) is 0 Å². The molecule has 0 saturated heterocycles. The summed E-state index contributed by atoms with van der Waals surface area (Å²) in [5.41, 5.74) is 1.08. The van der Waals surface area contributed by atoms with E-state index in [9.17, 15) is 8.78 Å². The molecule has 0 aliphatic rings. The molecule has 0 atom stereocenters. The average molecular weight is 238 g/mol. The lowest BCUT2D eigenvalue weighted by molar-refractivity contribution is 0.410. The Morgan fingerprint density at radius 2 is 1.88 bits per heavy atom. The van der Waals surface area contributed by atoms with Gasteiger partial charge in [-0.05, 0) is 18.6 Å². The van der Waals surface area contributed by atoms with Crippen molar-refractivity contribution in [1.29, 1.82) is 0 Å². The zero-order valence-electron chi connectivity index (χ0n) is 9.58. The van der Waals surface area contributed by atoms with Gasteiger partial charge in [0, 0.05) is 6.07 Å². The van der Waals surface area contributed by atoms with E-state index in [-0.39, 0.29) is 0 Å². The molecule has 0 saturated carbocycles. The molecule has 0 fully saturated rings. The third-order valence-corrected chi connectivity index (χ3v) is 2.42. The maximum absolute atomic E-state index is 13.1. The molecule has 5 heteroatoms. The highest BCUT2D eigenvalue weighted by atomic mass is 19.1. The fraction of sp³-hybridized carbons (Fsp3) is 0.250. The largest absolute Gasteiger partial charge is 0.493 e. The highest BCUT2D eigenvalue weighted by Gasteiger charge is 2.10. The second-order valence-corrected chi connectivity index (χ2v) is 3.57. The number of aromatic nitrogens is 2. The van der Waals surface area contributed by atoms with Crippen molar-refractivity contribution in [3.05, 3.63) is 41.7 Å². The highest BCUT2D eigenvalue weighted by Crippen LogP contribution is 2.20. The van der Waals surface area contributed by atoms with Crippen LogP contribution >= 0.6 is 0 Å². The summed E-state index contributed by atoms with van der Waals surface area (Å²) < 4.78 is 32.7. The van der Waals surface area contributed by atoms with Gasteiger partial charge in [0.2, 0.25) is 0 Å². The molecule has 0 spiro atoms. The molecular weight excluding hydrogens is 226 g/mol. The monoisotopic (exact) mass is 238 g/mol. The van der Waals surface area contributed by atoms with Crippen LogP contribution in [0.4, 0.5) is 8.78 Å². The topological polar surface area (TPSA) is 27.1 Å². The molecule has 1 aromatic carbocycles. The Kier molecular flexibility index (Phi) is 3.08. The normalized spacial score (nSPS) is 10.6. The van der Waals surface area contributed by atoms with E-state index in [1.54, 1.807) is 6.20 Å². The number of nitrogens with zero attached hydrogens (tertiary/aromatic N) is 2. The first-order valence-corrected chi connectivity index (χ1v) is 5.23. The molecule has 2 rings (SSSR count). The van der Waals surface area contributed by atoms with Crippen molar-refractivity contribution in [2.24, 2.45) is 0 Å². The number of hydrogen-bond acceptors (Lipinski definition) is 2. The summed E-state index contributed by atoms with van der Waals surface area (Å²) in [7, 11) is 1.53. The Morgan fingerprint density at radius 1 is 1.24 bits per heavy atom. The van der Waals surface area contributed by atoms with Crippen LogP contribution in [0.2, 0.25) is 0 Å². The predicted molar refractivity (Wildman–Crippen MR) is 59.4 cm³/mol. The molecule has 90 valence electrons. The van der Waals surface area contributed by atoms with Crippen molar-refractivity contribution in [3.8, 4) is 11.4 Å². The van der Waals surface area contributed by atoms with Gasteiger partial charge in [-0.2, -0.15) is 5.10 Å². The molecule has 0 unspecified atom stereocenters. The van der Waals surface area contributed by atoms with Crippen LogP contribution in [0.25, 0.3) is 5.69 Å². The van der Waals surface area contributed by atoms with E-state index >= 15 is 0 Å². The summed E-state index contributed by atoms with van der Waals surface area (Å²) in [6.45, 7) is 1.93. The van der Waals surface area contributed by atoms with Crippen LogP contribution in [-0.2, 0) is 6.42 Å². The Bertz CT molecular complexity index is 496. The highest BCUT2D eigenvalue weighted by molar-refractivity contribution is 5.36. The maximum atomic E-state index is 13.1. The minimum Gasteiger partial charge on any atom is -0.493 e. The summed E-state index contributed by atoms with van der Waals surface area (Å²) >= 11 is 0. The van der Waals surface area contributed by atoms with Crippen LogP contribution in [0, 0.1) is 11.6 Å². The van der Waals surface area contributed by atoms with Crippen LogP contribution in [-0.4, -0.2) is 16.9 Å². The quantitative estimate of drug-likeness (QED) is 0.822. The molecule has 1 aromatic heterocycles. The molecule has 1 heterocycles. The number of ether oxygens (including phenoxy) is 1. The summed E-state index contributed by atoms with van der Waals surface area (Å²) in [6.07, 6.45) is 2.29. The van der Waals surface area contributed by atoms with E-state index in [0.29, 0.717) is 17.9 Å². The SMILES string of the molecule is CCc1nn(-c2cc(F)cc(F)c2)cc1OC. The number of methoxy groups -OCH3 is 1. The fourth-order valence-corrected chi connectivity index (χ4v) is 1.61. The second kappa shape index (κ2) is 4.53. The van der Waals surface area contributed by atoms with Crippen molar-refractivity contribution in [2.45, 2.75) is 13.3 Å². The lowest BCUT2D eigenvalue weighted by Gasteiger charge is -2.01. The molecule has 0 aliphatic heterocycles. The first-order chi connectivity index (χ1) is 8.13. The lowest BCUT2D eigenvalue weighted by atomic mass is 10.3. The Hall–Kier alpha value is -1.91. The minimum absolute atomic E-state index is 0.334. The molecule has 0 N–H and O–H groups in total. The number of halogens is 2. The van der Waals surface area contributed by atoms with E-state index in [1.807, 2.05) is 6.92 Å². The first kappa shape index (κ1) is 11.6. The van der Waals surface area contributed by atoms with Gasteiger partial charge in [0.1, 0.15) is 17.3 Å². The van der Waals surface area contributed by atoms with E-state index in [2.05, 4.69) is 5.10 Å². The van der Waals surface area contributed by atoms with Crippen molar-refractivity contribution in [1.82, 2.24) is 9.78 Å². The summed E-state index contributed by atoms with van der Waals surface area (Å²) in [6, 6.07) is 3.26. The van der Waals surface area contributed by atoms with Gasteiger partial charge in [-0.1, -0.05) is 6.92 Å². The Labute approximate surface area is 97.6 Å². The standard InChI is InChI=1S/C12H12F2N2O/c1-3-11-12(17-2)7-16(15-11)10-5-8(13)4-9(14)6-10/h4-7H,3H2,1-2H3. The van der Waals surface area contributed by atoms with Crippen molar-refractivity contribution >= 4 is 0 Å². The number of rotatable bonds is 3. The van der Waals surface area contributed by atoms with E-state index in [0.717, 1.165) is 11.8 Å². The summed E-state index contributed by atoms with van der Waals surface area (Å²) in [5.74, 6) is -0.655. The predicted octanol–water partition coefficient (Wildman–Crippen LogP) is 2.72. The molecule has 0 bridgehead atoms.